The van der Waals surface area contributed by atoms with Crippen molar-refractivity contribution in [2.24, 2.45) is 0 Å². The summed E-state index contributed by atoms with van der Waals surface area (Å²) in [6.07, 6.45) is 10.1. The zero-order valence-corrected chi connectivity index (χ0v) is 8.29. The summed E-state index contributed by atoms with van der Waals surface area (Å²) in [5.74, 6) is -0.0209. The van der Waals surface area contributed by atoms with E-state index >= 15 is 0 Å². The monoisotopic (exact) mass is 182 g/mol. The maximum atomic E-state index is 11.1. The van der Waals surface area contributed by atoms with Gasteiger partial charge in [0.05, 0.1) is 0 Å². The van der Waals surface area contributed by atoms with Crippen molar-refractivity contribution in [3.63, 3.8) is 0 Å². The largest absolute Gasteiger partial charge is 0.462 e. The summed E-state index contributed by atoms with van der Waals surface area (Å²) in [6.45, 7) is 2.11. The Balaban J connectivity index is 2.30. The van der Waals surface area contributed by atoms with Gasteiger partial charge in [0.15, 0.2) is 0 Å². The Labute approximate surface area is 80.0 Å². The Bertz CT molecular complexity index is 185. The maximum absolute atomic E-state index is 11.1. The number of rotatable bonds is 3. The molecule has 1 saturated heterocycles. The molecule has 1 heterocycles. The van der Waals surface area contributed by atoms with Crippen LogP contribution in [0.5, 0.6) is 0 Å². The number of esters is 1. The first-order valence-corrected chi connectivity index (χ1v) is 5.17. The molecule has 0 aliphatic carbocycles. The minimum absolute atomic E-state index is 0.0209. The molecule has 0 aromatic rings. The van der Waals surface area contributed by atoms with E-state index in [-0.39, 0.29) is 12.1 Å². The van der Waals surface area contributed by atoms with E-state index in [1.165, 1.54) is 0 Å². The summed E-state index contributed by atoms with van der Waals surface area (Å²) in [7, 11) is 0. The molecule has 0 radical (unpaired) electrons. The lowest BCUT2D eigenvalue weighted by atomic mass is 10.1. The number of cyclic esters (lactones) is 1. The minimum atomic E-state index is -0.0209. The van der Waals surface area contributed by atoms with Crippen molar-refractivity contribution in [3.05, 3.63) is 12.2 Å². The van der Waals surface area contributed by atoms with Crippen LogP contribution in [-0.4, -0.2) is 12.1 Å². The predicted octanol–water partition coefficient (Wildman–Crippen LogP) is 2.83. The normalized spacial score (nSPS) is 24.4. The second-order valence-electron chi connectivity index (χ2n) is 3.47. The van der Waals surface area contributed by atoms with E-state index in [9.17, 15) is 4.79 Å². The van der Waals surface area contributed by atoms with E-state index in [4.69, 9.17) is 4.74 Å². The lowest BCUT2D eigenvalue weighted by Crippen LogP contribution is -2.14. The van der Waals surface area contributed by atoms with Crippen molar-refractivity contribution < 1.29 is 9.53 Å². The molecule has 0 unspecified atom stereocenters. The topological polar surface area (TPSA) is 26.3 Å². The van der Waals surface area contributed by atoms with Gasteiger partial charge >= 0.3 is 5.97 Å². The Morgan fingerprint density at radius 2 is 2.31 bits per heavy atom. The Morgan fingerprint density at radius 3 is 3.08 bits per heavy atom. The molecule has 74 valence electrons. The predicted molar refractivity (Wildman–Crippen MR) is 52.4 cm³/mol. The SMILES string of the molecule is CC/C=C\C[C@H]1CCCCC(=O)O1. The standard InChI is InChI=1S/C11H18O2/c1-2-3-4-7-10-8-5-6-9-11(12)13-10/h3-4,10H,2,5-9H2,1H3/b4-3-/t10-/m0/s1. The average molecular weight is 182 g/mol. The smallest absolute Gasteiger partial charge is 0.306 e. The molecule has 0 saturated carbocycles. The Morgan fingerprint density at radius 1 is 1.46 bits per heavy atom. The Kier molecular flexibility index (Phi) is 4.58. The molecule has 2 heteroatoms. The van der Waals surface area contributed by atoms with Crippen LogP contribution in [0.1, 0.15) is 45.4 Å². The summed E-state index contributed by atoms with van der Waals surface area (Å²) >= 11 is 0. The highest BCUT2D eigenvalue weighted by atomic mass is 16.5. The second kappa shape index (κ2) is 5.79. The summed E-state index contributed by atoms with van der Waals surface area (Å²) in [4.78, 5) is 11.1. The highest BCUT2D eigenvalue weighted by Gasteiger charge is 2.16. The highest BCUT2D eigenvalue weighted by Crippen LogP contribution is 2.16. The molecule has 2 nitrogen and oxygen atoms in total. The third-order valence-corrected chi connectivity index (χ3v) is 2.26. The molecule has 0 amide bonds. The molecular weight excluding hydrogens is 164 g/mol. The summed E-state index contributed by atoms with van der Waals surface area (Å²) < 4.78 is 5.27. The zero-order chi connectivity index (χ0) is 9.52. The van der Waals surface area contributed by atoms with Crippen LogP contribution in [0, 0.1) is 0 Å². The van der Waals surface area contributed by atoms with Crippen LogP contribution in [0.3, 0.4) is 0 Å². The third kappa shape index (κ3) is 4.11. The van der Waals surface area contributed by atoms with Crippen LogP contribution >= 0.6 is 0 Å². The van der Waals surface area contributed by atoms with Gasteiger partial charge in [-0.25, -0.2) is 0 Å². The van der Waals surface area contributed by atoms with Gasteiger partial charge in [-0.3, -0.25) is 4.79 Å². The summed E-state index contributed by atoms with van der Waals surface area (Å²) in [5, 5.41) is 0. The third-order valence-electron chi connectivity index (χ3n) is 2.26. The molecule has 1 fully saturated rings. The first kappa shape index (κ1) is 10.3. The van der Waals surface area contributed by atoms with Gasteiger partial charge in [-0.15, -0.1) is 0 Å². The summed E-state index contributed by atoms with van der Waals surface area (Å²) in [5.41, 5.74) is 0. The quantitative estimate of drug-likeness (QED) is 0.495. The fourth-order valence-corrected chi connectivity index (χ4v) is 1.53. The minimum Gasteiger partial charge on any atom is -0.462 e. The van der Waals surface area contributed by atoms with Crippen molar-refractivity contribution in [1.29, 1.82) is 0 Å². The molecule has 0 N–H and O–H groups in total. The average Bonchev–Trinajstić information content (AvgIpc) is 2.31. The van der Waals surface area contributed by atoms with Gasteiger partial charge in [0.25, 0.3) is 0 Å². The van der Waals surface area contributed by atoms with Crippen LogP contribution < -0.4 is 0 Å². The zero-order valence-electron chi connectivity index (χ0n) is 8.29. The van der Waals surface area contributed by atoms with Crippen molar-refractivity contribution in [1.82, 2.24) is 0 Å². The molecular formula is C11H18O2. The van der Waals surface area contributed by atoms with Crippen LogP contribution in [0.25, 0.3) is 0 Å². The second-order valence-corrected chi connectivity index (χ2v) is 3.47. The van der Waals surface area contributed by atoms with Gasteiger partial charge in [0, 0.05) is 12.8 Å². The van der Waals surface area contributed by atoms with E-state index < -0.39 is 0 Å². The number of ether oxygens (including phenoxy) is 1. The van der Waals surface area contributed by atoms with E-state index in [2.05, 4.69) is 19.1 Å². The van der Waals surface area contributed by atoms with Crippen LogP contribution in [0.4, 0.5) is 0 Å². The lowest BCUT2D eigenvalue weighted by molar-refractivity contribution is -0.147. The fourth-order valence-electron chi connectivity index (χ4n) is 1.53. The molecule has 1 atom stereocenters. The number of hydrogen-bond acceptors (Lipinski definition) is 2. The molecule has 0 bridgehead atoms. The van der Waals surface area contributed by atoms with Crippen LogP contribution in [0.2, 0.25) is 0 Å². The molecule has 0 aromatic carbocycles. The van der Waals surface area contributed by atoms with Gasteiger partial charge in [0.1, 0.15) is 6.10 Å². The molecule has 13 heavy (non-hydrogen) atoms. The van der Waals surface area contributed by atoms with Crippen LogP contribution in [-0.2, 0) is 9.53 Å². The maximum Gasteiger partial charge on any atom is 0.306 e. The molecule has 1 aliphatic heterocycles. The first-order valence-electron chi connectivity index (χ1n) is 5.17. The van der Waals surface area contributed by atoms with Crippen molar-refractivity contribution in [2.45, 2.75) is 51.6 Å². The number of carbonyl (C=O) groups is 1. The first-order chi connectivity index (χ1) is 6.33. The van der Waals surface area contributed by atoms with E-state index in [0.29, 0.717) is 6.42 Å². The fraction of sp³-hybridized carbons (Fsp3) is 0.727. The summed E-state index contributed by atoms with van der Waals surface area (Å²) in [6, 6.07) is 0. The van der Waals surface area contributed by atoms with Crippen molar-refractivity contribution in [2.75, 3.05) is 0 Å². The van der Waals surface area contributed by atoms with Crippen molar-refractivity contribution >= 4 is 5.97 Å². The van der Waals surface area contributed by atoms with Gasteiger partial charge in [-0.1, -0.05) is 19.1 Å². The van der Waals surface area contributed by atoms with E-state index in [1.807, 2.05) is 0 Å². The van der Waals surface area contributed by atoms with Crippen LogP contribution in [0.15, 0.2) is 12.2 Å². The number of carbonyl (C=O) groups excluding carboxylic acids is 1. The van der Waals surface area contributed by atoms with Gasteiger partial charge in [-0.2, -0.15) is 0 Å². The molecule has 0 spiro atoms. The molecule has 1 rings (SSSR count). The van der Waals surface area contributed by atoms with E-state index in [1.54, 1.807) is 0 Å². The Hall–Kier alpha value is -0.790. The number of hydrogen-bond donors (Lipinski definition) is 0. The highest BCUT2D eigenvalue weighted by molar-refractivity contribution is 5.69. The van der Waals surface area contributed by atoms with Gasteiger partial charge in [0.2, 0.25) is 0 Å². The molecule has 0 aromatic heterocycles. The lowest BCUT2D eigenvalue weighted by Gasteiger charge is -2.11. The van der Waals surface area contributed by atoms with E-state index in [0.717, 1.165) is 32.1 Å². The van der Waals surface area contributed by atoms with Gasteiger partial charge in [-0.05, 0) is 25.7 Å². The molecule has 1 aliphatic rings. The van der Waals surface area contributed by atoms with Crippen molar-refractivity contribution in [3.8, 4) is 0 Å². The number of allylic oxidation sites excluding steroid dienone is 1. The van der Waals surface area contributed by atoms with Gasteiger partial charge < -0.3 is 4.74 Å².